The molecule has 2 aliphatic carbocycles. The number of nitrogens with zero attached hydrogens (tertiary/aromatic N) is 1. The van der Waals surface area contributed by atoms with E-state index < -0.39 is 0 Å². The highest BCUT2D eigenvalue weighted by Crippen LogP contribution is 2.27. The lowest BCUT2D eigenvalue weighted by molar-refractivity contribution is -0.131. The third-order valence-corrected chi connectivity index (χ3v) is 4.46. The monoisotopic (exact) mass is 266 g/mol. The maximum atomic E-state index is 12.3. The molecule has 0 unspecified atom stereocenters. The van der Waals surface area contributed by atoms with Gasteiger partial charge in [0.2, 0.25) is 5.91 Å². The fraction of sp³-hybridized carbons (Fsp3) is 0.938. The zero-order valence-corrected chi connectivity index (χ0v) is 12.5. The van der Waals surface area contributed by atoms with E-state index in [0.717, 1.165) is 37.9 Å². The first-order valence-electron chi connectivity index (χ1n) is 8.28. The molecule has 1 amide bonds. The molecule has 0 saturated heterocycles. The lowest BCUT2D eigenvalue weighted by atomic mass is 9.89. The average molecular weight is 266 g/mol. The van der Waals surface area contributed by atoms with E-state index in [-0.39, 0.29) is 0 Å². The van der Waals surface area contributed by atoms with Crippen molar-refractivity contribution in [1.82, 2.24) is 10.2 Å². The molecule has 2 rings (SSSR count). The Balaban J connectivity index is 1.70. The highest BCUT2D eigenvalue weighted by molar-refractivity contribution is 5.78. The SMILES string of the molecule is CCCN(CC1CCCCC1)C(=O)CNCC1CC1. The summed E-state index contributed by atoms with van der Waals surface area (Å²) in [5, 5.41) is 3.33. The Morgan fingerprint density at radius 2 is 1.84 bits per heavy atom. The third-order valence-electron chi connectivity index (χ3n) is 4.46. The zero-order valence-electron chi connectivity index (χ0n) is 12.5. The van der Waals surface area contributed by atoms with Crippen LogP contribution in [0.4, 0.5) is 0 Å². The summed E-state index contributed by atoms with van der Waals surface area (Å²) < 4.78 is 0. The number of carbonyl (C=O) groups excluding carboxylic acids is 1. The molecular weight excluding hydrogens is 236 g/mol. The van der Waals surface area contributed by atoms with Crippen molar-refractivity contribution in [3.05, 3.63) is 0 Å². The van der Waals surface area contributed by atoms with Crippen molar-refractivity contribution in [2.45, 2.75) is 58.3 Å². The van der Waals surface area contributed by atoms with Crippen molar-refractivity contribution >= 4 is 5.91 Å². The highest BCUT2D eigenvalue weighted by Gasteiger charge is 2.23. The zero-order chi connectivity index (χ0) is 13.5. The van der Waals surface area contributed by atoms with E-state index >= 15 is 0 Å². The topological polar surface area (TPSA) is 32.3 Å². The Labute approximate surface area is 118 Å². The molecule has 2 aliphatic rings. The minimum atomic E-state index is 0.313. The Morgan fingerprint density at radius 3 is 2.47 bits per heavy atom. The average Bonchev–Trinajstić information content (AvgIpc) is 3.23. The molecule has 0 aromatic carbocycles. The van der Waals surface area contributed by atoms with Crippen LogP contribution in [0.25, 0.3) is 0 Å². The lowest BCUT2D eigenvalue weighted by Gasteiger charge is -2.29. The van der Waals surface area contributed by atoms with Crippen molar-refractivity contribution in [2.24, 2.45) is 11.8 Å². The highest BCUT2D eigenvalue weighted by atomic mass is 16.2. The molecule has 2 saturated carbocycles. The molecule has 0 radical (unpaired) electrons. The molecule has 0 atom stereocenters. The quantitative estimate of drug-likeness (QED) is 0.732. The Bertz CT molecular complexity index is 270. The number of carbonyl (C=O) groups is 1. The maximum Gasteiger partial charge on any atom is 0.236 e. The van der Waals surface area contributed by atoms with Crippen LogP contribution in [-0.4, -0.2) is 37.0 Å². The summed E-state index contributed by atoms with van der Waals surface area (Å²) in [5.41, 5.74) is 0. The van der Waals surface area contributed by atoms with E-state index in [1.165, 1.54) is 44.9 Å². The summed E-state index contributed by atoms with van der Waals surface area (Å²) in [6.07, 6.45) is 10.5. The summed E-state index contributed by atoms with van der Waals surface area (Å²) in [4.78, 5) is 14.4. The number of rotatable bonds is 8. The number of hydrogen-bond donors (Lipinski definition) is 1. The first-order valence-corrected chi connectivity index (χ1v) is 8.28. The molecule has 1 N–H and O–H groups in total. The molecule has 19 heavy (non-hydrogen) atoms. The van der Waals surface area contributed by atoms with Gasteiger partial charge in [-0.3, -0.25) is 4.79 Å². The van der Waals surface area contributed by atoms with Gasteiger partial charge in [0.05, 0.1) is 6.54 Å². The number of nitrogens with one attached hydrogen (secondary N) is 1. The van der Waals surface area contributed by atoms with Gasteiger partial charge in [-0.15, -0.1) is 0 Å². The summed E-state index contributed by atoms with van der Waals surface area (Å²) in [7, 11) is 0. The van der Waals surface area contributed by atoms with Crippen molar-refractivity contribution in [1.29, 1.82) is 0 Å². The van der Waals surface area contributed by atoms with Gasteiger partial charge in [-0.25, -0.2) is 0 Å². The molecule has 110 valence electrons. The molecule has 3 heteroatoms. The van der Waals surface area contributed by atoms with Crippen LogP contribution in [0.5, 0.6) is 0 Å². The summed E-state index contributed by atoms with van der Waals surface area (Å²) >= 11 is 0. The minimum absolute atomic E-state index is 0.313. The van der Waals surface area contributed by atoms with Crippen LogP contribution in [-0.2, 0) is 4.79 Å². The molecule has 0 aliphatic heterocycles. The van der Waals surface area contributed by atoms with Crippen LogP contribution in [0.2, 0.25) is 0 Å². The van der Waals surface area contributed by atoms with E-state index in [0.29, 0.717) is 12.5 Å². The summed E-state index contributed by atoms with van der Waals surface area (Å²) in [6, 6.07) is 0. The normalized spacial score (nSPS) is 20.5. The molecule has 3 nitrogen and oxygen atoms in total. The maximum absolute atomic E-state index is 12.3. The Morgan fingerprint density at radius 1 is 1.11 bits per heavy atom. The van der Waals surface area contributed by atoms with Crippen molar-refractivity contribution in [3.63, 3.8) is 0 Å². The van der Waals surface area contributed by atoms with Crippen molar-refractivity contribution < 1.29 is 4.79 Å². The van der Waals surface area contributed by atoms with Crippen LogP contribution in [0.15, 0.2) is 0 Å². The molecule has 0 aromatic heterocycles. The van der Waals surface area contributed by atoms with Crippen molar-refractivity contribution in [3.8, 4) is 0 Å². The number of hydrogen-bond acceptors (Lipinski definition) is 2. The molecule has 0 bridgehead atoms. The lowest BCUT2D eigenvalue weighted by Crippen LogP contribution is -2.42. The fourth-order valence-corrected chi connectivity index (χ4v) is 3.09. The first-order chi connectivity index (χ1) is 9.29. The van der Waals surface area contributed by atoms with Crippen LogP contribution in [0.3, 0.4) is 0 Å². The molecule has 0 heterocycles. The number of amides is 1. The van der Waals surface area contributed by atoms with Gasteiger partial charge in [0.1, 0.15) is 0 Å². The van der Waals surface area contributed by atoms with Gasteiger partial charge in [-0.2, -0.15) is 0 Å². The molecular formula is C16H30N2O. The van der Waals surface area contributed by atoms with E-state index in [4.69, 9.17) is 0 Å². The second kappa shape index (κ2) is 7.88. The van der Waals surface area contributed by atoms with Gasteiger partial charge in [0.25, 0.3) is 0 Å². The molecule has 0 aromatic rings. The Kier molecular flexibility index (Phi) is 6.15. The van der Waals surface area contributed by atoms with Crippen LogP contribution >= 0.6 is 0 Å². The summed E-state index contributed by atoms with van der Waals surface area (Å²) in [6.45, 7) is 5.68. The van der Waals surface area contributed by atoms with Gasteiger partial charge in [-0.1, -0.05) is 26.2 Å². The van der Waals surface area contributed by atoms with Crippen molar-refractivity contribution in [2.75, 3.05) is 26.2 Å². The van der Waals surface area contributed by atoms with E-state index in [1.807, 2.05) is 0 Å². The fourth-order valence-electron chi connectivity index (χ4n) is 3.09. The largest absolute Gasteiger partial charge is 0.341 e. The summed E-state index contributed by atoms with van der Waals surface area (Å²) in [5.74, 6) is 1.92. The predicted octanol–water partition coefficient (Wildman–Crippen LogP) is 2.80. The van der Waals surface area contributed by atoms with Gasteiger partial charge in [0, 0.05) is 13.1 Å². The molecule has 2 fully saturated rings. The standard InChI is InChI=1S/C16H30N2O/c1-2-10-18(13-15-6-4-3-5-7-15)16(19)12-17-11-14-8-9-14/h14-15,17H,2-13H2,1H3. The van der Waals surface area contributed by atoms with Gasteiger partial charge in [0.15, 0.2) is 0 Å². The van der Waals surface area contributed by atoms with Gasteiger partial charge < -0.3 is 10.2 Å². The Hall–Kier alpha value is -0.570. The molecule has 0 spiro atoms. The van der Waals surface area contributed by atoms with E-state index in [9.17, 15) is 4.79 Å². The second-order valence-corrected chi connectivity index (χ2v) is 6.42. The van der Waals surface area contributed by atoms with Crippen LogP contribution < -0.4 is 5.32 Å². The smallest absolute Gasteiger partial charge is 0.236 e. The van der Waals surface area contributed by atoms with E-state index in [2.05, 4.69) is 17.1 Å². The third kappa shape index (κ3) is 5.52. The second-order valence-electron chi connectivity index (χ2n) is 6.42. The first kappa shape index (κ1) is 14.8. The van der Waals surface area contributed by atoms with Crippen LogP contribution in [0.1, 0.15) is 58.3 Å². The minimum Gasteiger partial charge on any atom is -0.341 e. The van der Waals surface area contributed by atoms with Gasteiger partial charge in [-0.05, 0) is 50.5 Å². The predicted molar refractivity (Wildman–Crippen MR) is 79.0 cm³/mol. The van der Waals surface area contributed by atoms with Crippen LogP contribution in [0, 0.1) is 11.8 Å². The van der Waals surface area contributed by atoms with Gasteiger partial charge >= 0.3 is 0 Å². The van der Waals surface area contributed by atoms with E-state index in [1.54, 1.807) is 0 Å².